The van der Waals surface area contributed by atoms with Gasteiger partial charge < -0.3 is 9.15 Å². The highest BCUT2D eigenvalue weighted by molar-refractivity contribution is 5.81. The number of hydrogen-bond donors (Lipinski definition) is 0. The Morgan fingerprint density at radius 3 is 2.85 bits per heavy atom. The fraction of sp³-hybridized carbons (Fsp3) is 0.524. The van der Waals surface area contributed by atoms with Crippen LogP contribution in [0.2, 0.25) is 0 Å². The third-order valence-electron chi connectivity index (χ3n) is 5.11. The second kappa shape index (κ2) is 6.15. The van der Waals surface area contributed by atoms with Gasteiger partial charge in [-0.05, 0) is 69.7 Å². The van der Waals surface area contributed by atoms with Gasteiger partial charge in [-0.1, -0.05) is 12.1 Å². The van der Waals surface area contributed by atoms with E-state index < -0.39 is 5.60 Å². The normalized spacial score (nSPS) is 23.1. The average Bonchev–Trinajstić information content (AvgIpc) is 2.91. The van der Waals surface area contributed by atoms with Crippen LogP contribution in [-0.4, -0.2) is 33.7 Å². The Morgan fingerprint density at radius 2 is 2.12 bits per heavy atom. The summed E-state index contributed by atoms with van der Waals surface area (Å²) >= 11 is 0. The predicted molar refractivity (Wildman–Crippen MR) is 101 cm³/mol. The standard InChI is InChI=1S/C21H26N2O3/c1-13-22-18-9-8-14(12-19(18)25-13)15-10-16-6-5-7-17(11-15)23(16)20(24)26-21(2,3)4/h8-10,12,16-17H,5-7,11H2,1-4H3. The average molecular weight is 354 g/mol. The number of piperidine rings is 1. The minimum Gasteiger partial charge on any atom is -0.444 e. The minimum absolute atomic E-state index is 0.111. The van der Waals surface area contributed by atoms with Crippen molar-refractivity contribution in [1.29, 1.82) is 0 Å². The maximum absolute atomic E-state index is 12.7. The Labute approximate surface area is 154 Å². The summed E-state index contributed by atoms with van der Waals surface area (Å²) in [5.41, 5.74) is 3.69. The molecule has 1 aromatic heterocycles. The molecule has 0 saturated carbocycles. The largest absolute Gasteiger partial charge is 0.444 e. The lowest BCUT2D eigenvalue weighted by atomic mass is 9.83. The Kier molecular flexibility index (Phi) is 4.05. The molecular formula is C21H26N2O3. The van der Waals surface area contributed by atoms with Crippen molar-refractivity contribution >= 4 is 22.8 Å². The van der Waals surface area contributed by atoms with Crippen LogP contribution < -0.4 is 0 Å². The molecule has 2 aromatic rings. The zero-order chi connectivity index (χ0) is 18.5. The molecule has 3 heterocycles. The van der Waals surface area contributed by atoms with Crippen molar-refractivity contribution in [2.75, 3.05) is 0 Å². The molecule has 0 aliphatic carbocycles. The molecule has 0 radical (unpaired) electrons. The topological polar surface area (TPSA) is 55.6 Å². The van der Waals surface area contributed by atoms with Gasteiger partial charge in [0.15, 0.2) is 11.5 Å². The molecule has 5 heteroatoms. The van der Waals surface area contributed by atoms with E-state index in [1.807, 2.05) is 38.7 Å². The number of amides is 1. The lowest BCUT2D eigenvalue weighted by Crippen LogP contribution is -2.53. The van der Waals surface area contributed by atoms with E-state index in [1.165, 1.54) is 5.57 Å². The van der Waals surface area contributed by atoms with Crippen LogP contribution in [0.5, 0.6) is 0 Å². The van der Waals surface area contributed by atoms with Crippen molar-refractivity contribution in [3.05, 3.63) is 35.7 Å². The summed E-state index contributed by atoms with van der Waals surface area (Å²) in [5, 5.41) is 0. The second-order valence-corrected chi connectivity index (χ2v) is 8.35. The monoisotopic (exact) mass is 354 g/mol. The van der Waals surface area contributed by atoms with Crippen LogP contribution in [0, 0.1) is 6.92 Å². The summed E-state index contributed by atoms with van der Waals surface area (Å²) in [5.74, 6) is 0.683. The first kappa shape index (κ1) is 17.1. The van der Waals surface area contributed by atoms with Gasteiger partial charge in [0, 0.05) is 13.0 Å². The number of carbonyl (C=O) groups is 1. The van der Waals surface area contributed by atoms with Crippen LogP contribution in [0.25, 0.3) is 16.7 Å². The molecule has 0 N–H and O–H groups in total. The van der Waals surface area contributed by atoms with Gasteiger partial charge in [-0.3, -0.25) is 4.90 Å². The molecule has 1 saturated heterocycles. The lowest BCUT2D eigenvalue weighted by molar-refractivity contribution is 0.0000840. The number of nitrogens with zero attached hydrogens (tertiary/aromatic N) is 2. The van der Waals surface area contributed by atoms with E-state index in [-0.39, 0.29) is 18.2 Å². The van der Waals surface area contributed by atoms with E-state index in [0.717, 1.165) is 42.3 Å². The van der Waals surface area contributed by atoms with Gasteiger partial charge in [0.25, 0.3) is 0 Å². The smallest absolute Gasteiger partial charge is 0.411 e. The van der Waals surface area contributed by atoms with E-state index in [0.29, 0.717) is 5.89 Å². The molecule has 1 amide bonds. The maximum Gasteiger partial charge on any atom is 0.411 e. The predicted octanol–water partition coefficient (Wildman–Crippen LogP) is 5.08. The molecule has 4 rings (SSSR count). The van der Waals surface area contributed by atoms with Crippen molar-refractivity contribution < 1.29 is 13.9 Å². The van der Waals surface area contributed by atoms with Crippen LogP contribution in [0.4, 0.5) is 4.79 Å². The van der Waals surface area contributed by atoms with Gasteiger partial charge in [0.05, 0.1) is 6.04 Å². The number of benzene rings is 1. The van der Waals surface area contributed by atoms with E-state index in [2.05, 4.69) is 23.2 Å². The summed E-state index contributed by atoms with van der Waals surface area (Å²) in [4.78, 5) is 19.0. The molecule has 26 heavy (non-hydrogen) atoms. The van der Waals surface area contributed by atoms with E-state index in [9.17, 15) is 4.79 Å². The second-order valence-electron chi connectivity index (χ2n) is 8.35. The summed E-state index contributed by atoms with van der Waals surface area (Å²) in [7, 11) is 0. The molecule has 0 spiro atoms. The van der Waals surface area contributed by atoms with Crippen molar-refractivity contribution in [1.82, 2.24) is 9.88 Å². The fourth-order valence-corrected chi connectivity index (χ4v) is 4.08. The quantitative estimate of drug-likeness (QED) is 0.716. The van der Waals surface area contributed by atoms with Crippen molar-refractivity contribution in [3.63, 3.8) is 0 Å². The third-order valence-corrected chi connectivity index (χ3v) is 5.11. The van der Waals surface area contributed by atoms with Crippen molar-refractivity contribution in [2.45, 2.75) is 71.1 Å². The van der Waals surface area contributed by atoms with Gasteiger partial charge in [0.2, 0.25) is 0 Å². The first-order valence-corrected chi connectivity index (χ1v) is 9.40. The van der Waals surface area contributed by atoms with Gasteiger partial charge in [-0.2, -0.15) is 0 Å². The van der Waals surface area contributed by atoms with Crippen LogP contribution in [0.1, 0.15) is 57.9 Å². The molecule has 1 fully saturated rings. The number of ether oxygens (including phenoxy) is 1. The van der Waals surface area contributed by atoms with Crippen molar-refractivity contribution in [3.8, 4) is 0 Å². The zero-order valence-electron chi connectivity index (χ0n) is 15.9. The highest BCUT2D eigenvalue weighted by Crippen LogP contribution is 2.38. The summed E-state index contributed by atoms with van der Waals surface area (Å²) in [6.07, 6.45) is 6.07. The first-order chi connectivity index (χ1) is 12.3. The highest BCUT2D eigenvalue weighted by Gasteiger charge is 2.39. The van der Waals surface area contributed by atoms with Gasteiger partial charge in [-0.15, -0.1) is 0 Å². The SMILES string of the molecule is Cc1nc2ccc(C3=CC4CCCC(C3)N4C(=O)OC(C)(C)C)cc2o1. The third kappa shape index (κ3) is 3.22. The molecule has 5 nitrogen and oxygen atoms in total. The Balaban J connectivity index is 1.64. The van der Waals surface area contributed by atoms with Crippen molar-refractivity contribution in [2.24, 2.45) is 0 Å². The van der Waals surface area contributed by atoms with Gasteiger partial charge >= 0.3 is 6.09 Å². The fourth-order valence-electron chi connectivity index (χ4n) is 4.08. The molecule has 2 atom stereocenters. The molecule has 2 bridgehead atoms. The number of hydrogen-bond acceptors (Lipinski definition) is 4. The molecular weight excluding hydrogens is 328 g/mol. The van der Waals surface area contributed by atoms with Crippen LogP contribution >= 0.6 is 0 Å². The number of oxazole rings is 1. The van der Waals surface area contributed by atoms with E-state index in [4.69, 9.17) is 9.15 Å². The summed E-state index contributed by atoms with van der Waals surface area (Å²) < 4.78 is 11.3. The maximum atomic E-state index is 12.7. The van der Waals surface area contributed by atoms with Crippen LogP contribution in [0.3, 0.4) is 0 Å². The molecule has 1 aromatic carbocycles. The number of aromatic nitrogens is 1. The lowest BCUT2D eigenvalue weighted by Gasteiger charge is -2.45. The number of fused-ring (bicyclic) bond motifs is 3. The minimum atomic E-state index is -0.468. The van der Waals surface area contributed by atoms with E-state index in [1.54, 1.807) is 0 Å². The van der Waals surface area contributed by atoms with Crippen LogP contribution in [-0.2, 0) is 4.74 Å². The van der Waals surface area contributed by atoms with Gasteiger partial charge in [0.1, 0.15) is 11.1 Å². The van der Waals surface area contributed by atoms with Gasteiger partial charge in [-0.25, -0.2) is 9.78 Å². The highest BCUT2D eigenvalue weighted by atomic mass is 16.6. The van der Waals surface area contributed by atoms with E-state index >= 15 is 0 Å². The number of rotatable bonds is 1. The first-order valence-electron chi connectivity index (χ1n) is 9.40. The molecule has 2 unspecified atom stereocenters. The Bertz CT molecular complexity index is 875. The van der Waals surface area contributed by atoms with Crippen LogP contribution in [0.15, 0.2) is 28.7 Å². The summed E-state index contributed by atoms with van der Waals surface area (Å²) in [6, 6.07) is 6.50. The summed E-state index contributed by atoms with van der Waals surface area (Å²) in [6.45, 7) is 7.62. The number of carbonyl (C=O) groups excluding carboxylic acids is 1. The number of aryl methyl sites for hydroxylation is 1. The zero-order valence-corrected chi connectivity index (χ0v) is 15.9. The Morgan fingerprint density at radius 1 is 1.31 bits per heavy atom. The Hall–Kier alpha value is -2.30. The molecule has 2 aliphatic rings. The molecule has 138 valence electrons. The molecule has 2 aliphatic heterocycles.